The lowest BCUT2D eigenvalue weighted by Gasteiger charge is -2.57. The summed E-state index contributed by atoms with van der Waals surface area (Å²) in [6, 6.07) is 4.57. The number of carbonyl (C=O) groups excluding carboxylic acids is 1. The van der Waals surface area contributed by atoms with Crippen LogP contribution in [0, 0.1) is 23.2 Å². The lowest BCUT2D eigenvalue weighted by atomic mass is 9.49. The Balaban J connectivity index is 1.32. The standard InChI is InChI=1S/C28H45N3O/c1-3-5-6-14-31(15-11-28-19-23-16-24(20-28)18-25(17-23)21-28)27(32)30-26(4-2)8-7-22-9-12-29-13-10-22/h9-10,12-13,23-26H,3-8,11,14-21H2,1-2H3,(H,30,32). The van der Waals surface area contributed by atoms with Gasteiger partial charge in [-0.3, -0.25) is 4.98 Å². The Kier molecular flexibility index (Phi) is 8.12. The smallest absolute Gasteiger partial charge is 0.317 e. The molecule has 1 aromatic heterocycles. The van der Waals surface area contributed by atoms with Crippen molar-refractivity contribution in [3.63, 3.8) is 0 Å². The molecule has 0 spiro atoms. The van der Waals surface area contributed by atoms with E-state index in [1.165, 1.54) is 63.4 Å². The highest BCUT2D eigenvalue weighted by molar-refractivity contribution is 5.74. The third-order valence-corrected chi connectivity index (χ3v) is 8.75. The number of nitrogens with zero attached hydrogens (tertiary/aromatic N) is 2. The summed E-state index contributed by atoms with van der Waals surface area (Å²) in [5, 5.41) is 3.39. The molecule has 0 saturated heterocycles. The minimum absolute atomic E-state index is 0.174. The van der Waals surface area contributed by atoms with Crippen LogP contribution in [0.5, 0.6) is 0 Å². The zero-order valence-corrected chi connectivity index (χ0v) is 20.5. The summed E-state index contributed by atoms with van der Waals surface area (Å²) in [7, 11) is 0. The van der Waals surface area contributed by atoms with Gasteiger partial charge in [-0.25, -0.2) is 4.79 Å². The molecule has 4 bridgehead atoms. The van der Waals surface area contributed by atoms with Gasteiger partial charge in [-0.1, -0.05) is 26.7 Å². The van der Waals surface area contributed by atoms with Gasteiger partial charge < -0.3 is 10.2 Å². The molecular formula is C28H45N3O. The fraction of sp³-hybridized carbons (Fsp3) is 0.786. The first-order valence-corrected chi connectivity index (χ1v) is 13.5. The van der Waals surface area contributed by atoms with Gasteiger partial charge in [0.05, 0.1) is 0 Å². The van der Waals surface area contributed by atoms with Crippen LogP contribution in [0.3, 0.4) is 0 Å². The van der Waals surface area contributed by atoms with Crippen LogP contribution in [-0.2, 0) is 6.42 Å². The van der Waals surface area contributed by atoms with Crippen LogP contribution >= 0.6 is 0 Å². The summed E-state index contributed by atoms with van der Waals surface area (Å²) >= 11 is 0. The Morgan fingerprint density at radius 1 is 1.06 bits per heavy atom. The van der Waals surface area contributed by atoms with E-state index in [0.29, 0.717) is 5.41 Å². The van der Waals surface area contributed by atoms with E-state index in [9.17, 15) is 4.79 Å². The summed E-state index contributed by atoms with van der Waals surface area (Å²) < 4.78 is 0. The second kappa shape index (κ2) is 11.0. The molecule has 1 N–H and O–H groups in total. The maximum atomic E-state index is 13.3. The third-order valence-electron chi connectivity index (χ3n) is 8.75. The SMILES string of the molecule is CCCCCN(CCC12CC3CC(CC(C3)C1)C2)C(=O)NC(CC)CCc1ccncc1. The highest BCUT2D eigenvalue weighted by Crippen LogP contribution is 2.61. The summed E-state index contributed by atoms with van der Waals surface area (Å²) in [5.74, 6) is 2.96. The van der Waals surface area contributed by atoms with Gasteiger partial charge in [0.25, 0.3) is 0 Å². The zero-order valence-electron chi connectivity index (χ0n) is 20.5. The Morgan fingerprint density at radius 3 is 2.31 bits per heavy atom. The largest absolute Gasteiger partial charge is 0.335 e. The minimum atomic E-state index is 0.174. The van der Waals surface area contributed by atoms with Crippen molar-refractivity contribution < 1.29 is 4.79 Å². The molecule has 0 aliphatic heterocycles. The number of carbonyl (C=O) groups is 1. The molecule has 4 aliphatic carbocycles. The highest BCUT2D eigenvalue weighted by Gasteiger charge is 2.50. The van der Waals surface area contributed by atoms with Crippen molar-refractivity contribution >= 4 is 6.03 Å². The predicted molar refractivity (Wildman–Crippen MR) is 131 cm³/mol. The first-order chi connectivity index (χ1) is 15.6. The Morgan fingerprint density at radius 2 is 1.72 bits per heavy atom. The van der Waals surface area contributed by atoms with E-state index in [4.69, 9.17) is 0 Å². The molecule has 0 aromatic carbocycles. The molecule has 5 rings (SSSR count). The van der Waals surface area contributed by atoms with Crippen molar-refractivity contribution in [2.45, 2.75) is 103 Å². The molecule has 1 unspecified atom stereocenters. The topological polar surface area (TPSA) is 45.2 Å². The fourth-order valence-corrected chi connectivity index (χ4v) is 7.37. The number of rotatable bonds is 12. The summed E-state index contributed by atoms with van der Waals surface area (Å²) in [6.45, 7) is 6.29. The monoisotopic (exact) mass is 439 g/mol. The number of aromatic nitrogens is 1. The molecule has 1 atom stereocenters. The van der Waals surface area contributed by atoms with Gasteiger partial charge in [0.2, 0.25) is 0 Å². The van der Waals surface area contributed by atoms with Crippen LogP contribution in [0.1, 0.15) is 96.5 Å². The lowest BCUT2D eigenvalue weighted by Crippen LogP contribution is -2.49. The van der Waals surface area contributed by atoms with E-state index in [2.05, 4.69) is 41.2 Å². The summed E-state index contributed by atoms with van der Waals surface area (Å²) in [5.41, 5.74) is 1.85. The first kappa shape index (κ1) is 23.6. The molecule has 32 heavy (non-hydrogen) atoms. The summed E-state index contributed by atoms with van der Waals surface area (Å²) in [4.78, 5) is 19.6. The van der Waals surface area contributed by atoms with E-state index in [1.54, 1.807) is 0 Å². The van der Waals surface area contributed by atoms with Gasteiger partial charge in [0.15, 0.2) is 0 Å². The minimum Gasteiger partial charge on any atom is -0.335 e. The van der Waals surface area contributed by atoms with Crippen molar-refractivity contribution in [3.05, 3.63) is 30.1 Å². The Bertz CT molecular complexity index is 683. The Labute approximate surface area is 195 Å². The molecule has 1 aromatic rings. The normalized spacial score (nSPS) is 29.1. The number of amides is 2. The third kappa shape index (κ3) is 6.05. The van der Waals surface area contributed by atoms with Crippen molar-refractivity contribution in [1.82, 2.24) is 15.2 Å². The molecule has 1 heterocycles. The number of hydrogen-bond acceptors (Lipinski definition) is 2. The lowest BCUT2D eigenvalue weighted by molar-refractivity contribution is -0.0596. The van der Waals surface area contributed by atoms with Crippen molar-refractivity contribution in [2.24, 2.45) is 23.2 Å². The number of urea groups is 1. The molecule has 4 aliphatic rings. The van der Waals surface area contributed by atoms with Crippen molar-refractivity contribution in [2.75, 3.05) is 13.1 Å². The number of hydrogen-bond donors (Lipinski definition) is 1. The summed E-state index contributed by atoms with van der Waals surface area (Å²) in [6.07, 6.45) is 20.2. The average Bonchev–Trinajstić information content (AvgIpc) is 2.78. The number of aryl methyl sites for hydroxylation is 1. The van der Waals surface area contributed by atoms with Crippen LogP contribution in [0.25, 0.3) is 0 Å². The maximum Gasteiger partial charge on any atom is 0.317 e. The van der Waals surface area contributed by atoms with E-state index < -0.39 is 0 Å². The van der Waals surface area contributed by atoms with Crippen LogP contribution in [0.4, 0.5) is 4.79 Å². The molecule has 4 fully saturated rings. The van der Waals surface area contributed by atoms with Crippen LogP contribution in [-0.4, -0.2) is 35.0 Å². The molecule has 178 valence electrons. The molecular weight excluding hydrogens is 394 g/mol. The highest BCUT2D eigenvalue weighted by atomic mass is 16.2. The van der Waals surface area contributed by atoms with E-state index >= 15 is 0 Å². The molecule has 4 heteroatoms. The van der Waals surface area contributed by atoms with Gasteiger partial charge in [-0.15, -0.1) is 0 Å². The van der Waals surface area contributed by atoms with Gasteiger partial charge in [0, 0.05) is 31.5 Å². The van der Waals surface area contributed by atoms with Crippen LogP contribution < -0.4 is 5.32 Å². The van der Waals surface area contributed by atoms with E-state index in [-0.39, 0.29) is 12.1 Å². The molecule has 2 amide bonds. The van der Waals surface area contributed by atoms with Gasteiger partial charge in [0.1, 0.15) is 0 Å². The van der Waals surface area contributed by atoms with E-state index in [1.807, 2.05) is 12.4 Å². The van der Waals surface area contributed by atoms with Crippen LogP contribution in [0.15, 0.2) is 24.5 Å². The van der Waals surface area contributed by atoms with Gasteiger partial charge in [-0.05, 0) is 111 Å². The molecule has 4 nitrogen and oxygen atoms in total. The Hall–Kier alpha value is -1.58. The zero-order chi connectivity index (χ0) is 22.4. The maximum absolute atomic E-state index is 13.3. The molecule has 0 radical (unpaired) electrons. The van der Waals surface area contributed by atoms with Crippen molar-refractivity contribution in [1.29, 1.82) is 0 Å². The number of nitrogens with one attached hydrogen (secondary N) is 1. The number of pyridine rings is 1. The van der Waals surface area contributed by atoms with E-state index in [0.717, 1.165) is 56.5 Å². The second-order valence-corrected chi connectivity index (χ2v) is 11.3. The van der Waals surface area contributed by atoms with Gasteiger partial charge >= 0.3 is 6.03 Å². The fourth-order valence-electron chi connectivity index (χ4n) is 7.37. The predicted octanol–water partition coefficient (Wildman–Crippen LogP) is 6.60. The van der Waals surface area contributed by atoms with Crippen molar-refractivity contribution in [3.8, 4) is 0 Å². The number of unbranched alkanes of at least 4 members (excludes halogenated alkanes) is 2. The van der Waals surface area contributed by atoms with Crippen LogP contribution in [0.2, 0.25) is 0 Å². The molecule has 4 saturated carbocycles. The van der Waals surface area contributed by atoms with Gasteiger partial charge in [-0.2, -0.15) is 0 Å². The first-order valence-electron chi connectivity index (χ1n) is 13.5. The average molecular weight is 440 g/mol. The second-order valence-electron chi connectivity index (χ2n) is 11.3. The quantitative estimate of drug-likeness (QED) is 0.373.